The van der Waals surface area contributed by atoms with Crippen molar-refractivity contribution >= 4 is 29.5 Å². The van der Waals surface area contributed by atoms with Crippen LogP contribution in [0.15, 0.2) is 0 Å². The van der Waals surface area contributed by atoms with Crippen molar-refractivity contribution < 1.29 is 9.90 Å². The Morgan fingerprint density at radius 3 is 2.12 bits per heavy atom. The van der Waals surface area contributed by atoms with Gasteiger partial charge in [-0.1, -0.05) is 0 Å². The molecule has 0 bridgehead atoms. The fourth-order valence-electron chi connectivity index (χ4n) is 1.76. The van der Waals surface area contributed by atoms with Gasteiger partial charge in [0.05, 0.1) is 0 Å². The summed E-state index contributed by atoms with van der Waals surface area (Å²) in [6, 6.07) is 0. The van der Waals surface area contributed by atoms with E-state index in [1.807, 2.05) is 0 Å². The van der Waals surface area contributed by atoms with E-state index >= 15 is 0 Å². The van der Waals surface area contributed by atoms with Gasteiger partial charge in [0.1, 0.15) is 0 Å². The van der Waals surface area contributed by atoms with Crippen LogP contribution in [0.2, 0.25) is 11.4 Å². The number of hydrogen-bond acceptors (Lipinski definition) is 2. The van der Waals surface area contributed by atoms with Gasteiger partial charge in [-0.2, -0.15) is 0 Å². The molecule has 0 aromatic heterocycles. The van der Waals surface area contributed by atoms with Crippen molar-refractivity contribution in [3.05, 3.63) is 0 Å². The van der Waals surface area contributed by atoms with Crippen LogP contribution in [0.5, 0.6) is 0 Å². The summed E-state index contributed by atoms with van der Waals surface area (Å²) in [5.41, 5.74) is 4.41. The number of carboxylic acid groups (broad SMARTS) is 1. The maximum absolute atomic E-state index is 11.0. The van der Waals surface area contributed by atoms with Crippen LogP contribution in [-0.2, 0) is 4.79 Å². The predicted octanol–water partition coefficient (Wildman–Crippen LogP) is 4.56. The average molecular weight is 322 g/mol. The Morgan fingerprint density at radius 2 is 1.65 bits per heavy atom. The first-order chi connectivity index (χ1) is 8.07. The molecule has 0 saturated heterocycles. The summed E-state index contributed by atoms with van der Waals surface area (Å²) in [4.78, 5) is 11.0. The molecule has 0 aliphatic heterocycles. The average Bonchev–Trinajstić information content (AvgIpc) is 2.25. The second-order valence-corrected chi connectivity index (χ2v) is 14.0. The molecule has 0 aliphatic rings. The van der Waals surface area contributed by atoms with E-state index in [9.17, 15) is 4.79 Å². The van der Waals surface area contributed by atoms with Gasteiger partial charge in [-0.05, 0) is 0 Å². The molecule has 1 atom stereocenters. The normalized spacial score (nSPS) is 12.9. The van der Waals surface area contributed by atoms with Crippen LogP contribution in [0.3, 0.4) is 0 Å². The number of unbranched alkanes of at least 4 members (excludes halogenated alkanes) is 6. The second-order valence-electron chi connectivity index (χ2n) is 4.65. The van der Waals surface area contributed by atoms with E-state index in [2.05, 4.69) is 18.3 Å². The fraction of sp³-hybridized carbons (Fsp3) is 0.923. The predicted molar refractivity (Wildman–Crippen MR) is 79.1 cm³/mol. The van der Waals surface area contributed by atoms with Crippen molar-refractivity contribution in [1.29, 1.82) is 0 Å². The molecule has 2 nitrogen and oxygen atoms in total. The zero-order valence-corrected chi connectivity index (χ0v) is 14.1. The Labute approximate surface area is 114 Å². The van der Waals surface area contributed by atoms with Gasteiger partial charge in [0.15, 0.2) is 0 Å². The number of carboxylic acids is 1. The Balaban J connectivity index is 3.51. The van der Waals surface area contributed by atoms with Crippen LogP contribution in [0.25, 0.3) is 0 Å². The Kier molecular flexibility index (Phi) is 11.7. The van der Waals surface area contributed by atoms with Gasteiger partial charge >= 0.3 is 114 Å². The molecule has 1 unspecified atom stereocenters. The van der Waals surface area contributed by atoms with Crippen molar-refractivity contribution in [3.8, 4) is 0 Å². The van der Waals surface area contributed by atoms with Gasteiger partial charge in [0.25, 0.3) is 0 Å². The topological polar surface area (TPSA) is 37.3 Å². The van der Waals surface area contributed by atoms with Crippen molar-refractivity contribution in [2.24, 2.45) is 0 Å². The zero-order valence-electron chi connectivity index (χ0n) is 11.4. The second kappa shape index (κ2) is 11.5. The third-order valence-corrected chi connectivity index (χ3v) is 8.05. The number of hydrogen-bond donors (Lipinski definition) is 1. The Hall–Kier alpha value is 0.378. The summed E-state index contributed by atoms with van der Waals surface area (Å²) in [7, 11) is 1.73. The van der Waals surface area contributed by atoms with E-state index in [0.717, 1.165) is 12.8 Å². The first-order valence-electron chi connectivity index (χ1n) is 6.64. The number of carbonyl (C=O) groups is 1. The van der Waals surface area contributed by atoms with Gasteiger partial charge in [-0.15, -0.1) is 0 Å². The SMILES string of the molecule is CCCCCCCCCC(S[As](C)C)C(=O)O. The molecule has 4 heteroatoms. The van der Waals surface area contributed by atoms with Gasteiger partial charge < -0.3 is 0 Å². The molecular weight excluding hydrogens is 295 g/mol. The Morgan fingerprint density at radius 1 is 1.12 bits per heavy atom. The minimum atomic E-state index is -0.884. The molecule has 0 rings (SSSR count). The quantitative estimate of drug-likeness (QED) is 0.447. The number of rotatable bonds is 11. The van der Waals surface area contributed by atoms with E-state index in [1.54, 1.807) is 10.0 Å². The maximum atomic E-state index is 11.0. The first kappa shape index (κ1) is 17.4. The van der Waals surface area contributed by atoms with Crippen LogP contribution in [0.4, 0.5) is 0 Å². The molecule has 0 aromatic carbocycles. The molecule has 0 saturated carbocycles. The van der Waals surface area contributed by atoms with Crippen molar-refractivity contribution in [3.63, 3.8) is 0 Å². The molecule has 0 spiro atoms. The first-order valence-corrected chi connectivity index (χ1v) is 13.5. The summed E-state index contributed by atoms with van der Waals surface area (Å²) < 4.78 is 0. The summed E-state index contributed by atoms with van der Waals surface area (Å²) in [5, 5.41) is 8.96. The van der Waals surface area contributed by atoms with Gasteiger partial charge in [0, 0.05) is 0 Å². The van der Waals surface area contributed by atoms with Crippen LogP contribution in [-0.4, -0.2) is 29.8 Å². The standard InChI is InChI=1S/C13H27AsO2S/c1-4-5-6-7-8-9-10-11-12(13(15)16)17-14(2)3/h12H,4-11H2,1-3H3,(H,15,16). The molecular formula is C13H27AsO2S. The molecule has 0 heterocycles. The van der Waals surface area contributed by atoms with E-state index < -0.39 is 19.5 Å². The van der Waals surface area contributed by atoms with E-state index in [1.165, 1.54) is 38.5 Å². The number of aliphatic carboxylic acids is 1. The van der Waals surface area contributed by atoms with Gasteiger partial charge in [0.2, 0.25) is 0 Å². The third-order valence-electron chi connectivity index (χ3n) is 2.68. The molecule has 1 N–H and O–H groups in total. The minimum absolute atomic E-state index is 0.138. The van der Waals surface area contributed by atoms with E-state index in [0.29, 0.717) is 0 Å². The van der Waals surface area contributed by atoms with Gasteiger partial charge in [-0.3, -0.25) is 0 Å². The fourth-order valence-corrected chi connectivity index (χ4v) is 7.07. The molecule has 0 radical (unpaired) electrons. The van der Waals surface area contributed by atoms with Crippen molar-refractivity contribution in [1.82, 2.24) is 0 Å². The van der Waals surface area contributed by atoms with Crippen LogP contribution in [0, 0.1) is 0 Å². The van der Waals surface area contributed by atoms with Crippen LogP contribution >= 0.6 is 10.0 Å². The van der Waals surface area contributed by atoms with Crippen LogP contribution in [0.1, 0.15) is 58.3 Å². The monoisotopic (exact) mass is 322 g/mol. The molecule has 0 amide bonds. The zero-order chi connectivity index (χ0) is 13.1. The van der Waals surface area contributed by atoms with E-state index in [-0.39, 0.29) is 5.25 Å². The van der Waals surface area contributed by atoms with Crippen molar-refractivity contribution in [2.45, 2.75) is 75.0 Å². The summed E-state index contributed by atoms with van der Waals surface area (Å²) >= 11 is -0.884. The summed E-state index contributed by atoms with van der Waals surface area (Å²) in [5.74, 6) is -0.607. The van der Waals surface area contributed by atoms with Crippen LogP contribution < -0.4 is 0 Å². The Bertz CT molecular complexity index is 198. The van der Waals surface area contributed by atoms with E-state index in [4.69, 9.17) is 5.11 Å². The molecule has 0 aliphatic carbocycles. The van der Waals surface area contributed by atoms with Gasteiger partial charge in [-0.25, -0.2) is 0 Å². The molecule has 17 heavy (non-hydrogen) atoms. The summed E-state index contributed by atoms with van der Waals surface area (Å²) in [6.07, 6.45) is 9.71. The molecule has 0 aromatic rings. The van der Waals surface area contributed by atoms with Crippen molar-refractivity contribution in [2.75, 3.05) is 0 Å². The summed E-state index contributed by atoms with van der Waals surface area (Å²) in [6.45, 7) is 2.23. The third kappa shape index (κ3) is 11.2. The molecule has 0 fully saturated rings. The molecule has 102 valence electrons.